The lowest BCUT2D eigenvalue weighted by molar-refractivity contribution is -0.154. The Morgan fingerprint density at radius 3 is 2.50 bits per heavy atom. The van der Waals surface area contributed by atoms with Crippen LogP contribution in [0.15, 0.2) is 24.3 Å². The number of fused-ring (bicyclic) bond motifs is 1. The third kappa shape index (κ3) is 3.77. The molecule has 0 aromatic heterocycles. The van der Waals surface area contributed by atoms with E-state index in [1.54, 1.807) is 18.7 Å². The first-order valence-electron chi connectivity index (χ1n) is 12.3. The van der Waals surface area contributed by atoms with Crippen molar-refractivity contribution in [3.8, 4) is 0 Å². The number of β-amino-alcohol motifs (C(OH)–C–C–N with tert-alkyl or cyclic N) is 1. The second-order valence-corrected chi connectivity index (χ2v) is 10.8. The van der Waals surface area contributed by atoms with Crippen LogP contribution in [0, 0.1) is 17.8 Å². The highest BCUT2D eigenvalue weighted by Crippen LogP contribution is 2.68. The number of hydrogen-bond acceptors (Lipinski definition) is 7. The summed E-state index contributed by atoms with van der Waals surface area (Å²) < 4.78 is 4.62. The van der Waals surface area contributed by atoms with Crippen LogP contribution in [0.4, 0.5) is 11.4 Å². The van der Waals surface area contributed by atoms with E-state index >= 15 is 0 Å². The van der Waals surface area contributed by atoms with Crippen LogP contribution in [0.2, 0.25) is 0 Å². The smallest absolute Gasteiger partial charge is 0.310 e. The van der Waals surface area contributed by atoms with Crippen LogP contribution < -0.4 is 10.2 Å². The maximum Gasteiger partial charge on any atom is 0.310 e. The van der Waals surface area contributed by atoms with E-state index in [1.807, 2.05) is 24.3 Å². The number of ether oxygens (including phenoxy) is 1. The summed E-state index contributed by atoms with van der Waals surface area (Å²) in [7, 11) is 0. The molecule has 2 N–H and O–H groups in total. The number of thioether (sulfide) groups is 1. The van der Waals surface area contributed by atoms with Crippen molar-refractivity contribution < 1.29 is 24.2 Å². The van der Waals surface area contributed by atoms with Gasteiger partial charge in [0.2, 0.25) is 11.8 Å². The van der Waals surface area contributed by atoms with E-state index in [4.69, 9.17) is 4.74 Å². The number of nitrogens with zero attached hydrogens (tertiary/aromatic N) is 2. The first-order chi connectivity index (χ1) is 16.3. The SMILES string of the molecule is CCOC(=O)[C@@H]1[C@@H]2CC(C)C3(S2)C(C(=O)Nc2ccc(N(CC)CC)cc2)N(CCO)C(=O)[C@H]13. The number of aliphatic hydroxyl groups excluding tert-OH is 1. The van der Waals surface area contributed by atoms with Crippen LogP contribution in [0.3, 0.4) is 0 Å². The zero-order valence-electron chi connectivity index (χ0n) is 20.3. The predicted octanol–water partition coefficient (Wildman–Crippen LogP) is 2.36. The van der Waals surface area contributed by atoms with Gasteiger partial charge >= 0.3 is 5.97 Å². The molecule has 3 fully saturated rings. The molecule has 4 rings (SSSR count). The Kier molecular flexibility index (Phi) is 7.14. The molecule has 0 saturated carbocycles. The van der Waals surface area contributed by atoms with Gasteiger partial charge in [0.05, 0.1) is 29.8 Å². The number of esters is 1. The number of benzene rings is 1. The quantitative estimate of drug-likeness (QED) is 0.514. The number of aliphatic hydroxyl groups is 1. The molecule has 34 heavy (non-hydrogen) atoms. The number of carbonyl (C=O) groups excluding carboxylic acids is 3. The highest BCUT2D eigenvalue weighted by atomic mass is 32.2. The molecule has 2 amide bonds. The molecule has 2 bridgehead atoms. The van der Waals surface area contributed by atoms with Crippen LogP contribution in [-0.2, 0) is 19.1 Å². The second-order valence-electron chi connectivity index (χ2n) is 9.27. The number of carbonyl (C=O) groups is 3. The van der Waals surface area contributed by atoms with E-state index in [9.17, 15) is 19.5 Å². The van der Waals surface area contributed by atoms with E-state index in [1.165, 1.54) is 4.90 Å². The van der Waals surface area contributed by atoms with Crippen molar-refractivity contribution in [1.82, 2.24) is 4.90 Å². The van der Waals surface area contributed by atoms with Gasteiger partial charge in [-0.25, -0.2) is 0 Å². The van der Waals surface area contributed by atoms with Gasteiger partial charge in [-0.15, -0.1) is 11.8 Å². The van der Waals surface area contributed by atoms with Crippen molar-refractivity contribution in [3.63, 3.8) is 0 Å². The van der Waals surface area contributed by atoms with Crippen molar-refractivity contribution in [2.24, 2.45) is 17.8 Å². The van der Waals surface area contributed by atoms with Crippen LogP contribution in [0.1, 0.15) is 34.1 Å². The minimum Gasteiger partial charge on any atom is -0.466 e. The van der Waals surface area contributed by atoms with Gasteiger partial charge in [-0.1, -0.05) is 6.92 Å². The molecule has 9 heteroatoms. The second kappa shape index (κ2) is 9.77. The van der Waals surface area contributed by atoms with Crippen LogP contribution in [0.25, 0.3) is 0 Å². The molecule has 6 atom stereocenters. The van der Waals surface area contributed by atoms with E-state index in [-0.39, 0.29) is 48.7 Å². The Morgan fingerprint density at radius 2 is 1.91 bits per heavy atom. The van der Waals surface area contributed by atoms with Gasteiger partial charge < -0.3 is 25.0 Å². The third-order valence-electron chi connectivity index (χ3n) is 7.66. The molecule has 3 unspecified atom stereocenters. The Hall–Kier alpha value is -2.26. The molecule has 1 spiro atoms. The van der Waals surface area contributed by atoms with Gasteiger partial charge in [-0.3, -0.25) is 14.4 Å². The number of hydrogen-bond donors (Lipinski definition) is 2. The summed E-state index contributed by atoms with van der Waals surface area (Å²) >= 11 is 1.60. The lowest BCUT2D eigenvalue weighted by atomic mass is 9.66. The lowest BCUT2D eigenvalue weighted by Crippen LogP contribution is -2.54. The summed E-state index contributed by atoms with van der Waals surface area (Å²) in [5.74, 6) is -1.95. The van der Waals surface area contributed by atoms with Crippen molar-refractivity contribution in [2.45, 2.75) is 50.2 Å². The monoisotopic (exact) mass is 489 g/mol. The summed E-state index contributed by atoms with van der Waals surface area (Å²) in [6.07, 6.45) is 0.757. The van der Waals surface area contributed by atoms with Gasteiger partial charge in [-0.2, -0.15) is 0 Å². The average Bonchev–Trinajstić information content (AvgIpc) is 3.40. The lowest BCUT2D eigenvalue weighted by Gasteiger charge is -2.38. The van der Waals surface area contributed by atoms with Gasteiger partial charge in [-0.05, 0) is 57.4 Å². The van der Waals surface area contributed by atoms with Gasteiger partial charge in [0, 0.05) is 36.3 Å². The van der Waals surface area contributed by atoms with Crippen LogP contribution >= 0.6 is 11.8 Å². The highest BCUT2D eigenvalue weighted by molar-refractivity contribution is 8.02. The van der Waals surface area contributed by atoms with E-state index in [0.717, 1.165) is 25.2 Å². The topological polar surface area (TPSA) is 99.2 Å². The molecule has 3 heterocycles. The van der Waals surface area contributed by atoms with Gasteiger partial charge in [0.1, 0.15) is 6.04 Å². The molecule has 8 nitrogen and oxygen atoms in total. The minimum atomic E-state index is -0.760. The summed E-state index contributed by atoms with van der Waals surface area (Å²) in [5, 5.41) is 12.7. The molecular formula is C25H35N3O5S. The number of amides is 2. The highest BCUT2D eigenvalue weighted by Gasteiger charge is 2.76. The fraction of sp³-hybridized carbons (Fsp3) is 0.640. The van der Waals surface area contributed by atoms with Crippen LogP contribution in [-0.4, -0.2) is 76.7 Å². The Morgan fingerprint density at radius 1 is 1.24 bits per heavy atom. The van der Waals surface area contributed by atoms with Crippen molar-refractivity contribution in [3.05, 3.63) is 24.3 Å². The van der Waals surface area contributed by atoms with Gasteiger partial charge in [0.15, 0.2) is 0 Å². The molecule has 1 aromatic rings. The standard InChI is InChI=1S/C25H35N3O5S/c1-5-27(6-2)17-10-8-16(9-11-17)26-22(30)21-25-15(4)14-18(34-25)19(24(32)33-7-3)20(25)23(31)28(21)12-13-29/h8-11,15,18-21,29H,5-7,12-14H2,1-4H3,(H,26,30)/t15?,18-,19+,20-,21?,25?/m0/s1. The summed E-state index contributed by atoms with van der Waals surface area (Å²) in [6, 6.07) is 6.94. The molecule has 186 valence electrons. The first-order valence-corrected chi connectivity index (χ1v) is 13.1. The van der Waals surface area contributed by atoms with Crippen molar-refractivity contribution >= 4 is 40.9 Å². The number of anilines is 2. The number of likely N-dealkylation sites (tertiary alicyclic amines) is 1. The Balaban J connectivity index is 1.64. The summed E-state index contributed by atoms with van der Waals surface area (Å²) in [4.78, 5) is 43.9. The Bertz CT molecular complexity index is 937. The van der Waals surface area contributed by atoms with Crippen LogP contribution in [0.5, 0.6) is 0 Å². The normalized spacial score (nSPS) is 31.5. The zero-order chi connectivity index (χ0) is 24.6. The molecule has 3 aliphatic heterocycles. The summed E-state index contributed by atoms with van der Waals surface area (Å²) in [6.45, 7) is 9.87. The van der Waals surface area contributed by atoms with Crippen molar-refractivity contribution in [2.75, 3.05) is 43.1 Å². The molecule has 1 aromatic carbocycles. The fourth-order valence-electron chi connectivity index (χ4n) is 6.23. The van der Waals surface area contributed by atoms with E-state index < -0.39 is 22.6 Å². The number of nitrogens with one attached hydrogen (secondary N) is 1. The van der Waals surface area contributed by atoms with E-state index in [2.05, 4.69) is 31.0 Å². The molecule has 0 aliphatic carbocycles. The van der Waals surface area contributed by atoms with Gasteiger partial charge in [0.25, 0.3) is 0 Å². The third-order valence-corrected chi connectivity index (χ3v) is 9.73. The zero-order valence-corrected chi connectivity index (χ0v) is 21.1. The minimum absolute atomic E-state index is 0.0390. The largest absolute Gasteiger partial charge is 0.466 e. The average molecular weight is 490 g/mol. The summed E-state index contributed by atoms with van der Waals surface area (Å²) in [5.41, 5.74) is 1.74. The van der Waals surface area contributed by atoms with E-state index in [0.29, 0.717) is 5.69 Å². The molecular weight excluding hydrogens is 454 g/mol. The van der Waals surface area contributed by atoms with Crippen molar-refractivity contribution in [1.29, 1.82) is 0 Å². The number of rotatable bonds is 9. The fourth-order valence-corrected chi connectivity index (χ4v) is 8.64. The Labute approximate surface area is 205 Å². The maximum atomic E-state index is 13.7. The molecule has 0 radical (unpaired) electrons. The molecule has 3 aliphatic rings. The predicted molar refractivity (Wildman–Crippen MR) is 133 cm³/mol. The maximum absolute atomic E-state index is 13.7. The first kappa shape index (κ1) is 24.9. The molecule has 3 saturated heterocycles.